The van der Waals surface area contributed by atoms with Gasteiger partial charge in [-0.25, -0.2) is 4.39 Å². The number of methoxy groups -OCH3 is 1. The van der Waals surface area contributed by atoms with Crippen LogP contribution in [0.4, 0.5) is 10.1 Å². The van der Waals surface area contributed by atoms with Gasteiger partial charge in [0.25, 0.3) is 0 Å². The molecule has 140 valence electrons. The molecule has 0 unspecified atom stereocenters. The normalized spacial score (nSPS) is 10.5. The summed E-state index contributed by atoms with van der Waals surface area (Å²) in [6, 6.07) is 18.3. The Balaban J connectivity index is 1.72. The number of hydrogen-bond acceptors (Lipinski definition) is 3. The molecule has 0 aromatic heterocycles. The third kappa shape index (κ3) is 5.15. The molecule has 0 radical (unpaired) electrons. The monoisotopic (exact) mass is 449 g/mol. The van der Waals surface area contributed by atoms with E-state index < -0.39 is 5.82 Å². The van der Waals surface area contributed by atoms with Crippen LogP contribution in [-0.2, 0) is 13.2 Å². The molecular weight excluding hydrogens is 433 g/mol. The maximum atomic E-state index is 13.3. The molecule has 0 bridgehead atoms. The van der Waals surface area contributed by atoms with Gasteiger partial charge in [0.05, 0.1) is 16.6 Å². The molecule has 0 spiro atoms. The van der Waals surface area contributed by atoms with Crippen molar-refractivity contribution in [2.24, 2.45) is 0 Å². The third-order valence-corrected chi connectivity index (χ3v) is 4.81. The Bertz CT molecular complexity index is 922. The smallest absolute Gasteiger partial charge is 0.175 e. The molecule has 6 heteroatoms. The van der Waals surface area contributed by atoms with Gasteiger partial charge in [0.1, 0.15) is 12.4 Å². The van der Waals surface area contributed by atoms with Crippen LogP contribution in [0.15, 0.2) is 65.1 Å². The molecule has 3 rings (SSSR count). The van der Waals surface area contributed by atoms with Gasteiger partial charge in [-0.05, 0) is 57.4 Å². The van der Waals surface area contributed by atoms with E-state index in [2.05, 4.69) is 21.2 Å². The molecule has 0 amide bonds. The number of hydrogen-bond donors (Lipinski definition) is 1. The van der Waals surface area contributed by atoms with Gasteiger partial charge in [-0.2, -0.15) is 0 Å². The van der Waals surface area contributed by atoms with Gasteiger partial charge in [0.15, 0.2) is 11.5 Å². The molecule has 0 aliphatic heterocycles. The summed E-state index contributed by atoms with van der Waals surface area (Å²) in [5.74, 6) is 0.843. The van der Waals surface area contributed by atoms with Crippen LogP contribution in [0.5, 0.6) is 11.5 Å². The lowest BCUT2D eigenvalue weighted by Gasteiger charge is -2.15. The number of rotatable bonds is 7. The van der Waals surface area contributed by atoms with Gasteiger partial charge in [-0.1, -0.05) is 41.9 Å². The quantitative estimate of drug-likeness (QED) is 0.449. The summed E-state index contributed by atoms with van der Waals surface area (Å²) in [4.78, 5) is 0. The van der Waals surface area contributed by atoms with Crippen LogP contribution in [-0.4, -0.2) is 7.11 Å². The van der Waals surface area contributed by atoms with Crippen molar-refractivity contribution in [3.8, 4) is 11.5 Å². The number of ether oxygens (including phenoxy) is 2. The zero-order valence-electron chi connectivity index (χ0n) is 14.6. The van der Waals surface area contributed by atoms with E-state index in [1.54, 1.807) is 19.2 Å². The Morgan fingerprint density at radius 1 is 1.04 bits per heavy atom. The maximum absolute atomic E-state index is 13.3. The van der Waals surface area contributed by atoms with E-state index in [1.807, 2.05) is 42.5 Å². The molecule has 0 fully saturated rings. The van der Waals surface area contributed by atoms with E-state index in [9.17, 15) is 4.39 Å². The first-order chi connectivity index (χ1) is 13.1. The molecule has 0 heterocycles. The first-order valence-electron chi connectivity index (χ1n) is 8.29. The van der Waals surface area contributed by atoms with Crippen molar-refractivity contribution < 1.29 is 13.9 Å². The van der Waals surface area contributed by atoms with Crippen LogP contribution in [0.25, 0.3) is 0 Å². The Labute approximate surface area is 171 Å². The summed E-state index contributed by atoms with van der Waals surface area (Å²) in [6.07, 6.45) is 0. The minimum Gasteiger partial charge on any atom is -0.493 e. The lowest BCUT2D eigenvalue weighted by atomic mass is 10.2. The van der Waals surface area contributed by atoms with E-state index in [0.29, 0.717) is 24.7 Å². The number of halogens is 3. The first-order valence-corrected chi connectivity index (χ1v) is 9.46. The highest BCUT2D eigenvalue weighted by atomic mass is 79.9. The third-order valence-electron chi connectivity index (χ3n) is 3.93. The predicted octanol–water partition coefficient (Wildman–Crippen LogP) is 6.44. The molecular formula is C21H18BrClFNO2. The van der Waals surface area contributed by atoms with E-state index in [0.717, 1.165) is 21.3 Å². The number of nitrogens with one attached hydrogen (secondary N) is 1. The predicted molar refractivity (Wildman–Crippen MR) is 110 cm³/mol. The van der Waals surface area contributed by atoms with Gasteiger partial charge in [0, 0.05) is 12.2 Å². The van der Waals surface area contributed by atoms with Crippen molar-refractivity contribution in [1.29, 1.82) is 0 Å². The Morgan fingerprint density at radius 2 is 1.81 bits per heavy atom. The van der Waals surface area contributed by atoms with Crippen molar-refractivity contribution in [2.45, 2.75) is 13.2 Å². The first kappa shape index (κ1) is 19.5. The van der Waals surface area contributed by atoms with E-state index in [-0.39, 0.29) is 5.02 Å². The van der Waals surface area contributed by atoms with Crippen molar-refractivity contribution in [3.05, 3.63) is 87.1 Å². The largest absolute Gasteiger partial charge is 0.493 e. The van der Waals surface area contributed by atoms with Crippen molar-refractivity contribution in [1.82, 2.24) is 0 Å². The standard InChI is InChI=1S/C21H18BrClFNO2/c1-26-20-10-15(12-25-16-7-8-19(24)18(23)11-16)9-17(22)21(20)27-13-14-5-3-2-4-6-14/h2-11,25H,12-13H2,1H3. The van der Waals surface area contributed by atoms with Gasteiger partial charge in [0.2, 0.25) is 0 Å². The highest BCUT2D eigenvalue weighted by Gasteiger charge is 2.12. The Morgan fingerprint density at radius 3 is 2.52 bits per heavy atom. The average Bonchev–Trinajstić information content (AvgIpc) is 2.68. The van der Waals surface area contributed by atoms with Crippen LogP contribution >= 0.6 is 27.5 Å². The van der Waals surface area contributed by atoms with Gasteiger partial charge in [-0.15, -0.1) is 0 Å². The molecule has 1 N–H and O–H groups in total. The van der Waals surface area contributed by atoms with Crippen LogP contribution in [0.1, 0.15) is 11.1 Å². The maximum Gasteiger partial charge on any atom is 0.175 e. The lowest BCUT2D eigenvalue weighted by molar-refractivity contribution is 0.282. The highest BCUT2D eigenvalue weighted by molar-refractivity contribution is 9.10. The van der Waals surface area contributed by atoms with E-state index in [4.69, 9.17) is 21.1 Å². The van der Waals surface area contributed by atoms with Crippen molar-refractivity contribution in [2.75, 3.05) is 12.4 Å². The summed E-state index contributed by atoms with van der Waals surface area (Å²) in [5.41, 5.74) is 2.79. The zero-order valence-corrected chi connectivity index (χ0v) is 17.0. The molecule has 0 aliphatic carbocycles. The molecule has 0 atom stereocenters. The molecule has 27 heavy (non-hydrogen) atoms. The summed E-state index contributed by atoms with van der Waals surface area (Å²) < 4.78 is 25.5. The average molecular weight is 451 g/mol. The molecule has 3 aromatic carbocycles. The number of benzene rings is 3. The second kappa shape index (κ2) is 9.11. The van der Waals surface area contributed by atoms with Crippen LogP contribution in [0.3, 0.4) is 0 Å². The zero-order chi connectivity index (χ0) is 19.2. The Kier molecular flexibility index (Phi) is 6.58. The fraction of sp³-hybridized carbons (Fsp3) is 0.143. The molecule has 0 aliphatic rings. The summed E-state index contributed by atoms with van der Waals surface area (Å²) in [6.45, 7) is 0.970. The fourth-order valence-corrected chi connectivity index (χ4v) is 3.34. The van der Waals surface area contributed by atoms with Crippen LogP contribution in [0, 0.1) is 5.82 Å². The molecule has 0 saturated carbocycles. The SMILES string of the molecule is COc1cc(CNc2ccc(F)c(Cl)c2)cc(Br)c1OCc1ccccc1. The molecule has 3 aromatic rings. The van der Waals surface area contributed by atoms with E-state index in [1.165, 1.54) is 6.07 Å². The van der Waals surface area contributed by atoms with Crippen molar-refractivity contribution >= 4 is 33.2 Å². The second-order valence-corrected chi connectivity index (χ2v) is 7.13. The minimum atomic E-state index is -0.438. The summed E-state index contributed by atoms with van der Waals surface area (Å²) >= 11 is 9.37. The second-order valence-electron chi connectivity index (χ2n) is 5.87. The van der Waals surface area contributed by atoms with E-state index >= 15 is 0 Å². The van der Waals surface area contributed by atoms with Crippen LogP contribution in [0.2, 0.25) is 5.02 Å². The van der Waals surface area contributed by atoms with Gasteiger partial charge >= 0.3 is 0 Å². The molecule has 0 saturated heterocycles. The Hall–Kier alpha value is -2.24. The minimum absolute atomic E-state index is 0.0865. The fourth-order valence-electron chi connectivity index (χ4n) is 2.56. The van der Waals surface area contributed by atoms with Crippen LogP contribution < -0.4 is 14.8 Å². The summed E-state index contributed by atoms with van der Waals surface area (Å²) in [7, 11) is 1.61. The topological polar surface area (TPSA) is 30.5 Å². The van der Waals surface area contributed by atoms with Gasteiger partial charge in [-0.3, -0.25) is 0 Å². The molecule has 3 nitrogen and oxygen atoms in total. The summed E-state index contributed by atoms with van der Waals surface area (Å²) in [5, 5.41) is 3.30. The highest BCUT2D eigenvalue weighted by Crippen LogP contribution is 2.37. The lowest BCUT2D eigenvalue weighted by Crippen LogP contribution is -2.03. The van der Waals surface area contributed by atoms with Crippen molar-refractivity contribution in [3.63, 3.8) is 0 Å². The van der Waals surface area contributed by atoms with Gasteiger partial charge < -0.3 is 14.8 Å². The number of anilines is 1.